The number of carbonyl (C=O) groups excluding carboxylic acids is 1. The molecule has 0 unspecified atom stereocenters. The number of hydrogen-bond donors (Lipinski definition) is 1. The maximum Gasteiger partial charge on any atom is 0.416 e. The first kappa shape index (κ1) is 19.2. The van der Waals surface area contributed by atoms with E-state index in [2.05, 4.69) is 5.32 Å². The Morgan fingerprint density at radius 2 is 1.96 bits per heavy atom. The number of nitro groups is 1. The fourth-order valence-corrected chi connectivity index (χ4v) is 2.20. The van der Waals surface area contributed by atoms with Crippen molar-refractivity contribution in [2.24, 2.45) is 0 Å². The number of nitro benzene ring substituents is 1. The van der Waals surface area contributed by atoms with Crippen LogP contribution < -0.4 is 10.1 Å². The second kappa shape index (κ2) is 7.85. The molecular weight excluding hydrogens is 353 g/mol. The molecule has 26 heavy (non-hydrogen) atoms. The molecule has 0 atom stereocenters. The Kier molecular flexibility index (Phi) is 5.81. The number of amides is 1. The van der Waals surface area contributed by atoms with Crippen LogP contribution >= 0.6 is 0 Å². The predicted molar refractivity (Wildman–Crippen MR) is 87.1 cm³/mol. The van der Waals surface area contributed by atoms with Crippen molar-refractivity contribution in [3.8, 4) is 5.75 Å². The molecule has 0 aliphatic carbocycles. The zero-order chi connectivity index (χ0) is 19.3. The van der Waals surface area contributed by atoms with E-state index in [0.717, 1.165) is 12.1 Å². The van der Waals surface area contributed by atoms with Crippen molar-refractivity contribution in [2.75, 3.05) is 13.2 Å². The Morgan fingerprint density at radius 3 is 2.58 bits per heavy atom. The molecule has 0 fully saturated rings. The van der Waals surface area contributed by atoms with Crippen LogP contribution in [0.5, 0.6) is 5.75 Å². The van der Waals surface area contributed by atoms with Gasteiger partial charge < -0.3 is 10.1 Å². The largest absolute Gasteiger partial charge is 0.492 e. The topological polar surface area (TPSA) is 81.5 Å². The number of hydrogen-bond acceptors (Lipinski definition) is 4. The van der Waals surface area contributed by atoms with Gasteiger partial charge in [-0.1, -0.05) is 6.07 Å². The summed E-state index contributed by atoms with van der Waals surface area (Å²) < 4.78 is 43.0. The van der Waals surface area contributed by atoms with Crippen molar-refractivity contribution in [3.63, 3.8) is 0 Å². The summed E-state index contributed by atoms with van der Waals surface area (Å²) in [7, 11) is 0. The maximum absolute atomic E-state index is 12.6. The Labute approximate surface area is 146 Å². The van der Waals surface area contributed by atoms with Gasteiger partial charge in [0, 0.05) is 17.2 Å². The Bertz CT molecular complexity index is 822. The Hall–Kier alpha value is -3.10. The van der Waals surface area contributed by atoms with E-state index in [1.807, 2.05) is 0 Å². The van der Waals surface area contributed by atoms with E-state index in [-0.39, 0.29) is 30.2 Å². The molecule has 0 aromatic heterocycles. The number of rotatable bonds is 6. The molecule has 0 radical (unpaired) electrons. The number of nitrogens with zero attached hydrogens (tertiary/aromatic N) is 1. The number of alkyl halides is 3. The minimum absolute atomic E-state index is 0.0288. The molecule has 2 aromatic rings. The van der Waals surface area contributed by atoms with Crippen LogP contribution in [0, 0.1) is 17.0 Å². The average Bonchev–Trinajstić information content (AvgIpc) is 2.57. The van der Waals surface area contributed by atoms with Gasteiger partial charge in [-0.2, -0.15) is 13.2 Å². The number of nitrogens with one attached hydrogen (secondary N) is 1. The fraction of sp³-hybridized carbons (Fsp3) is 0.235. The van der Waals surface area contributed by atoms with E-state index in [4.69, 9.17) is 4.74 Å². The zero-order valence-electron chi connectivity index (χ0n) is 13.7. The molecule has 1 N–H and O–H groups in total. The van der Waals surface area contributed by atoms with E-state index in [9.17, 15) is 28.1 Å². The normalized spacial score (nSPS) is 11.1. The predicted octanol–water partition coefficient (Wildman–Crippen LogP) is 3.73. The average molecular weight is 368 g/mol. The second-order valence-corrected chi connectivity index (χ2v) is 5.39. The molecule has 0 saturated carbocycles. The van der Waals surface area contributed by atoms with Gasteiger partial charge in [0.05, 0.1) is 17.0 Å². The highest BCUT2D eigenvalue weighted by Gasteiger charge is 2.30. The van der Waals surface area contributed by atoms with Crippen LogP contribution in [0.15, 0.2) is 42.5 Å². The first-order chi connectivity index (χ1) is 12.2. The van der Waals surface area contributed by atoms with Crippen LogP contribution in [-0.4, -0.2) is 24.0 Å². The quantitative estimate of drug-likeness (QED) is 0.479. The summed E-state index contributed by atoms with van der Waals surface area (Å²) in [5, 5.41) is 13.3. The molecule has 2 aromatic carbocycles. The van der Waals surface area contributed by atoms with Crippen LogP contribution in [0.25, 0.3) is 0 Å². The Morgan fingerprint density at radius 1 is 1.23 bits per heavy atom. The minimum atomic E-state index is -4.46. The van der Waals surface area contributed by atoms with Crippen LogP contribution in [0.3, 0.4) is 0 Å². The van der Waals surface area contributed by atoms with Crippen LogP contribution in [0.1, 0.15) is 21.5 Å². The molecule has 9 heteroatoms. The molecular formula is C17H15F3N2O4. The van der Waals surface area contributed by atoms with Crippen LogP contribution in [0.4, 0.5) is 18.9 Å². The highest BCUT2D eigenvalue weighted by molar-refractivity contribution is 5.94. The fourth-order valence-electron chi connectivity index (χ4n) is 2.20. The van der Waals surface area contributed by atoms with Crippen molar-refractivity contribution in [3.05, 3.63) is 69.3 Å². The molecule has 0 aliphatic rings. The molecule has 2 rings (SSSR count). The molecule has 0 aliphatic heterocycles. The number of benzene rings is 2. The lowest BCUT2D eigenvalue weighted by molar-refractivity contribution is -0.385. The van der Waals surface area contributed by atoms with Gasteiger partial charge in [0.15, 0.2) is 0 Å². The number of ether oxygens (including phenoxy) is 1. The first-order valence-electron chi connectivity index (χ1n) is 7.52. The summed E-state index contributed by atoms with van der Waals surface area (Å²) in [4.78, 5) is 22.2. The lowest BCUT2D eigenvalue weighted by atomic mass is 10.1. The number of carbonyl (C=O) groups is 1. The van der Waals surface area contributed by atoms with Gasteiger partial charge in [-0.05, 0) is 37.3 Å². The van der Waals surface area contributed by atoms with Gasteiger partial charge in [0.1, 0.15) is 12.4 Å². The van der Waals surface area contributed by atoms with Gasteiger partial charge in [0.2, 0.25) is 0 Å². The summed E-state index contributed by atoms with van der Waals surface area (Å²) in [5.74, 6) is -0.420. The van der Waals surface area contributed by atoms with E-state index in [1.54, 1.807) is 0 Å². The third kappa shape index (κ3) is 4.95. The molecule has 0 saturated heterocycles. The third-order valence-corrected chi connectivity index (χ3v) is 3.47. The summed E-state index contributed by atoms with van der Waals surface area (Å²) in [6.45, 7) is 1.55. The smallest absolute Gasteiger partial charge is 0.416 e. The molecule has 0 spiro atoms. The lowest BCUT2D eigenvalue weighted by Crippen LogP contribution is -2.28. The highest BCUT2D eigenvalue weighted by atomic mass is 19.4. The Balaban J connectivity index is 1.87. The lowest BCUT2D eigenvalue weighted by Gasteiger charge is -2.11. The van der Waals surface area contributed by atoms with Gasteiger partial charge in [-0.15, -0.1) is 0 Å². The van der Waals surface area contributed by atoms with E-state index in [0.29, 0.717) is 5.56 Å². The molecule has 1 amide bonds. The standard InChI is InChI=1S/C17H15F3N2O4/c1-11-9-12(5-6-15(11)22(24)25)16(23)21-7-8-26-14-4-2-3-13(10-14)17(18,19)20/h2-6,9-10H,7-8H2,1H3,(H,21,23). The zero-order valence-corrected chi connectivity index (χ0v) is 13.7. The summed E-state index contributed by atoms with van der Waals surface area (Å²) in [6.07, 6.45) is -4.46. The van der Waals surface area contributed by atoms with Crippen molar-refractivity contribution < 1.29 is 27.6 Å². The molecule has 0 bridgehead atoms. The second-order valence-electron chi connectivity index (χ2n) is 5.39. The maximum atomic E-state index is 12.6. The van der Waals surface area contributed by atoms with Gasteiger partial charge in [0.25, 0.3) is 11.6 Å². The summed E-state index contributed by atoms with van der Waals surface area (Å²) in [5.41, 5.74) is -0.315. The van der Waals surface area contributed by atoms with Crippen molar-refractivity contribution in [1.29, 1.82) is 0 Å². The van der Waals surface area contributed by atoms with Crippen molar-refractivity contribution in [1.82, 2.24) is 5.32 Å². The van der Waals surface area contributed by atoms with Gasteiger partial charge >= 0.3 is 6.18 Å². The molecule has 0 heterocycles. The number of aryl methyl sites for hydroxylation is 1. The summed E-state index contributed by atoms with van der Waals surface area (Å²) >= 11 is 0. The minimum Gasteiger partial charge on any atom is -0.492 e. The van der Waals surface area contributed by atoms with Gasteiger partial charge in [-0.3, -0.25) is 14.9 Å². The SMILES string of the molecule is Cc1cc(C(=O)NCCOc2cccc(C(F)(F)F)c2)ccc1[N+](=O)[O-]. The number of halogens is 3. The first-order valence-corrected chi connectivity index (χ1v) is 7.52. The van der Waals surface area contributed by atoms with Gasteiger partial charge in [-0.25, -0.2) is 0 Å². The van der Waals surface area contributed by atoms with Crippen LogP contribution in [0.2, 0.25) is 0 Å². The third-order valence-electron chi connectivity index (χ3n) is 3.47. The van der Waals surface area contributed by atoms with Crippen molar-refractivity contribution in [2.45, 2.75) is 13.1 Å². The van der Waals surface area contributed by atoms with Crippen LogP contribution in [-0.2, 0) is 6.18 Å². The molecule has 138 valence electrons. The van der Waals surface area contributed by atoms with E-state index >= 15 is 0 Å². The molecule has 6 nitrogen and oxygen atoms in total. The van der Waals surface area contributed by atoms with Crippen molar-refractivity contribution >= 4 is 11.6 Å². The van der Waals surface area contributed by atoms with E-state index in [1.165, 1.54) is 37.3 Å². The van der Waals surface area contributed by atoms with E-state index < -0.39 is 22.6 Å². The highest BCUT2D eigenvalue weighted by Crippen LogP contribution is 2.31. The summed E-state index contributed by atoms with van der Waals surface area (Å²) in [6, 6.07) is 8.39. The monoisotopic (exact) mass is 368 g/mol.